The molecule has 2 aromatic carbocycles. The van der Waals surface area contributed by atoms with Crippen LogP contribution >= 0.6 is 11.8 Å². The van der Waals surface area contributed by atoms with Crippen LogP contribution in [0.15, 0.2) is 70.4 Å². The lowest BCUT2D eigenvalue weighted by molar-refractivity contribution is 0.415. The molecule has 3 aromatic heterocycles. The van der Waals surface area contributed by atoms with Gasteiger partial charge in [-0.05, 0) is 56.7 Å². The molecule has 5 rings (SSSR count). The van der Waals surface area contributed by atoms with Gasteiger partial charge < -0.3 is 9.15 Å². The molecule has 3 heterocycles. The summed E-state index contributed by atoms with van der Waals surface area (Å²) in [5.41, 5.74) is 7.35. The standard InChI is InChI=1S/C26H24N4O2S/c1-16-5-10-21(17(2)13-16)22-14-24-26(27-11-12-30(24)29-22)33-15-23-18(3)32-25(28-23)19-6-8-20(31-4)9-7-19/h5-14H,15H2,1-4H3. The number of methoxy groups -OCH3 is 1. The Labute approximate surface area is 196 Å². The van der Waals surface area contributed by atoms with Gasteiger partial charge in [-0.3, -0.25) is 0 Å². The molecule has 6 nitrogen and oxygen atoms in total. The van der Waals surface area contributed by atoms with Crippen LogP contribution in [0.1, 0.15) is 22.6 Å². The molecule has 5 aromatic rings. The average molecular weight is 457 g/mol. The van der Waals surface area contributed by atoms with E-state index in [0.717, 1.165) is 44.6 Å². The largest absolute Gasteiger partial charge is 0.497 e. The predicted octanol–water partition coefficient (Wildman–Crippen LogP) is 6.28. The molecule has 0 N–H and O–H groups in total. The zero-order valence-electron chi connectivity index (χ0n) is 19.0. The maximum Gasteiger partial charge on any atom is 0.226 e. The third-order valence-corrected chi connectivity index (χ3v) is 6.59. The van der Waals surface area contributed by atoms with E-state index < -0.39 is 0 Å². The van der Waals surface area contributed by atoms with Crippen LogP contribution in [0, 0.1) is 20.8 Å². The second-order valence-electron chi connectivity index (χ2n) is 7.95. The van der Waals surface area contributed by atoms with Crippen molar-refractivity contribution in [3.63, 3.8) is 0 Å². The summed E-state index contributed by atoms with van der Waals surface area (Å²) in [5, 5.41) is 5.70. The van der Waals surface area contributed by atoms with Crippen molar-refractivity contribution in [1.29, 1.82) is 0 Å². The van der Waals surface area contributed by atoms with E-state index in [4.69, 9.17) is 19.2 Å². The number of nitrogens with zero attached hydrogens (tertiary/aromatic N) is 4. The molecule has 0 saturated carbocycles. The van der Waals surface area contributed by atoms with E-state index in [2.05, 4.69) is 43.1 Å². The summed E-state index contributed by atoms with van der Waals surface area (Å²) in [6.07, 6.45) is 3.67. The monoisotopic (exact) mass is 456 g/mol. The Morgan fingerprint density at radius 1 is 1.03 bits per heavy atom. The first-order valence-corrected chi connectivity index (χ1v) is 11.7. The van der Waals surface area contributed by atoms with E-state index in [-0.39, 0.29) is 0 Å². The zero-order chi connectivity index (χ0) is 22.9. The van der Waals surface area contributed by atoms with Crippen molar-refractivity contribution < 1.29 is 9.15 Å². The molecule has 0 fully saturated rings. The molecule has 0 bridgehead atoms. The minimum Gasteiger partial charge on any atom is -0.497 e. The third kappa shape index (κ3) is 4.24. The van der Waals surface area contributed by atoms with Crippen LogP contribution < -0.4 is 4.74 Å². The maximum atomic E-state index is 5.93. The molecule has 0 amide bonds. The van der Waals surface area contributed by atoms with Gasteiger partial charge in [-0.2, -0.15) is 5.10 Å². The maximum absolute atomic E-state index is 5.93. The van der Waals surface area contributed by atoms with Gasteiger partial charge in [-0.1, -0.05) is 35.5 Å². The van der Waals surface area contributed by atoms with E-state index in [9.17, 15) is 0 Å². The fraction of sp³-hybridized carbons (Fsp3) is 0.192. The van der Waals surface area contributed by atoms with E-state index in [1.807, 2.05) is 41.9 Å². The zero-order valence-corrected chi connectivity index (χ0v) is 19.8. The van der Waals surface area contributed by atoms with Crippen LogP contribution in [0.25, 0.3) is 28.2 Å². The Hall–Kier alpha value is -3.58. The third-order valence-electron chi connectivity index (χ3n) is 5.59. The van der Waals surface area contributed by atoms with Gasteiger partial charge in [0.15, 0.2) is 0 Å². The average Bonchev–Trinajstić information content (AvgIpc) is 3.41. The Balaban J connectivity index is 1.40. The number of benzene rings is 2. The van der Waals surface area contributed by atoms with E-state index in [1.165, 1.54) is 11.1 Å². The first-order valence-electron chi connectivity index (χ1n) is 10.7. The van der Waals surface area contributed by atoms with Gasteiger partial charge in [-0.25, -0.2) is 14.5 Å². The van der Waals surface area contributed by atoms with Gasteiger partial charge in [0.2, 0.25) is 5.89 Å². The number of aryl methyl sites for hydroxylation is 3. The topological polar surface area (TPSA) is 65.5 Å². The van der Waals surface area contributed by atoms with Crippen LogP contribution in [0.2, 0.25) is 0 Å². The Kier molecular flexibility index (Phi) is 5.64. The van der Waals surface area contributed by atoms with Crippen LogP contribution in [0.3, 0.4) is 0 Å². The summed E-state index contributed by atoms with van der Waals surface area (Å²) in [5.74, 6) is 2.88. The van der Waals surface area contributed by atoms with Crippen molar-refractivity contribution >= 4 is 17.3 Å². The van der Waals surface area contributed by atoms with Gasteiger partial charge in [0.05, 0.1) is 24.0 Å². The number of hydrogen-bond donors (Lipinski definition) is 0. The van der Waals surface area contributed by atoms with Crippen molar-refractivity contribution in [1.82, 2.24) is 19.6 Å². The predicted molar refractivity (Wildman–Crippen MR) is 131 cm³/mol. The number of hydrogen-bond acceptors (Lipinski definition) is 6. The first-order chi connectivity index (χ1) is 16.0. The minimum absolute atomic E-state index is 0.610. The Morgan fingerprint density at radius 3 is 2.61 bits per heavy atom. The number of rotatable bonds is 6. The fourth-order valence-electron chi connectivity index (χ4n) is 3.80. The lowest BCUT2D eigenvalue weighted by Gasteiger charge is -2.02. The van der Waals surface area contributed by atoms with Crippen molar-refractivity contribution in [2.24, 2.45) is 0 Å². The second kappa shape index (κ2) is 8.75. The highest BCUT2D eigenvalue weighted by Gasteiger charge is 2.15. The minimum atomic E-state index is 0.610. The van der Waals surface area contributed by atoms with Gasteiger partial charge in [0.1, 0.15) is 16.5 Å². The summed E-state index contributed by atoms with van der Waals surface area (Å²) in [6.45, 7) is 6.17. The quantitative estimate of drug-likeness (QED) is 0.280. The molecular formula is C26H24N4O2S. The van der Waals surface area contributed by atoms with Crippen LogP contribution in [0.5, 0.6) is 5.75 Å². The first kappa shape index (κ1) is 21.3. The molecule has 0 aliphatic heterocycles. The van der Waals surface area contributed by atoms with E-state index >= 15 is 0 Å². The lowest BCUT2D eigenvalue weighted by Crippen LogP contribution is -1.92. The van der Waals surface area contributed by atoms with Crippen molar-refractivity contribution in [3.05, 3.63) is 83.5 Å². The van der Waals surface area contributed by atoms with E-state index in [1.54, 1.807) is 25.1 Å². The second-order valence-corrected chi connectivity index (χ2v) is 8.91. The van der Waals surface area contributed by atoms with Gasteiger partial charge in [0, 0.05) is 29.3 Å². The fourth-order valence-corrected chi connectivity index (χ4v) is 4.77. The summed E-state index contributed by atoms with van der Waals surface area (Å²) in [4.78, 5) is 9.33. The van der Waals surface area contributed by atoms with Crippen molar-refractivity contribution in [3.8, 4) is 28.5 Å². The normalized spacial score (nSPS) is 11.3. The summed E-state index contributed by atoms with van der Waals surface area (Å²) < 4.78 is 13.1. The highest BCUT2D eigenvalue weighted by Crippen LogP contribution is 2.31. The lowest BCUT2D eigenvalue weighted by atomic mass is 10.0. The number of oxazole rings is 1. The molecular weight excluding hydrogens is 432 g/mol. The smallest absolute Gasteiger partial charge is 0.226 e. The van der Waals surface area contributed by atoms with Crippen molar-refractivity contribution in [2.45, 2.75) is 31.6 Å². The Bertz CT molecular complexity index is 1440. The molecule has 0 atom stereocenters. The Morgan fingerprint density at radius 2 is 1.85 bits per heavy atom. The molecule has 0 radical (unpaired) electrons. The summed E-state index contributed by atoms with van der Waals surface area (Å²) >= 11 is 1.63. The SMILES string of the molecule is COc1ccc(-c2nc(CSc3nccn4nc(-c5ccc(C)cc5C)cc34)c(C)o2)cc1. The number of aromatic nitrogens is 4. The molecule has 0 aliphatic rings. The molecule has 0 spiro atoms. The van der Waals surface area contributed by atoms with Gasteiger partial charge >= 0.3 is 0 Å². The highest BCUT2D eigenvalue weighted by molar-refractivity contribution is 7.98. The van der Waals surface area contributed by atoms with Crippen LogP contribution in [-0.4, -0.2) is 26.7 Å². The van der Waals surface area contributed by atoms with Gasteiger partial charge in [-0.15, -0.1) is 0 Å². The number of ether oxygens (including phenoxy) is 1. The van der Waals surface area contributed by atoms with Gasteiger partial charge in [0.25, 0.3) is 0 Å². The molecule has 166 valence electrons. The van der Waals surface area contributed by atoms with Crippen LogP contribution in [-0.2, 0) is 5.75 Å². The van der Waals surface area contributed by atoms with Crippen LogP contribution in [0.4, 0.5) is 0 Å². The molecule has 0 saturated heterocycles. The molecule has 0 unspecified atom stereocenters. The number of fused-ring (bicyclic) bond motifs is 1. The highest BCUT2D eigenvalue weighted by atomic mass is 32.2. The molecule has 7 heteroatoms. The van der Waals surface area contributed by atoms with E-state index in [0.29, 0.717) is 11.6 Å². The van der Waals surface area contributed by atoms with Crippen molar-refractivity contribution in [2.75, 3.05) is 7.11 Å². The molecule has 33 heavy (non-hydrogen) atoms. The molecule has 0 aliphatic carbocycles. The number of thioether (sulfide) groups is 1. The summed E-state index contributed by atoms with van der Waals surface area (Å²) in [6, 6.07) is 16.2. The summed E-state index contributed by atoms with van der Waals surface area (Å²) in [7, 11) is 1.65.